The summed E-state index contributed by atoms with van der Waals surface area (Å²) >= 11 is 1.54. The van der Waals surface area contributed by atoms with E-state index in [0.29, 0.717) is 5.75 Å². The summed E-state index contributed by atoms with van der Waals surface area (Å²) in [5.74, 6) is 0.00945. The van der Waals surface area contributed by atoms with Crippen LogP contribution in [0.5, 0.6) is 5.75 Å². The van der Waals surface area contributed by atoms with Gasteiger partial charge in [-0.25, -0.2) is 8.42 Å². The predicted molar refractivity (Wildman–Crippen MR) is 84.3 cm³/mol. The summed E-state index contributed by atoms with van der Waals surface area (Å²) < 4.78 is 31.1. The Bertz CT molecular complexity index is 654. The fraction of sp³-hybridized carbons (Fsp3) is 0.500. The van der Waals surface area contributed by atoms with E-state index in [1.54, 1.807) is 11.8 Å². The topological polar surface area (TPSA) is 83.9 Å². The maximum Gasteiger partial charge on any atom is 0.325 e. The molecule has 0 radical (unpaired) electrons. The van der Waals surface area contributed by atoms with Gasteiger partial charge in [0.1, 0.15) is 11.8 Å². The second-order valence-corrected chi connectivity index (χ2v) is 9.13. The normalized spacial score (nSPS) is 22.2. The average Bonchev–Trinajstić information content (AvgIpc) is 2.45. The molecule has 0 unspecified atom stereocenters. The minimum absolute atomic E-state index is 0.0157. The first-order valence-corrected chi connectivity index (χ1v) is 9.15. The van der Waals surface area contributed by atoms with E-state index in [2.05, 4.69) is 0 Å². The van der Waals surface area contributed by atoms with Crippen LogP contribution in [-0.4, -0.2) is 54.0 Å². The number of carbonyl (C=O) groups is 1. The fourth-order valence-electron chi connectivity index (χ4n) is 2.48. The van der Waals surface area contributed by atoms with Crippen LogP contribution >= 0.6 is 11.8 Å². The maximum atomic E-state index is 12.8. The van der Waals surface area contributed by atoms with Crippen LogP contribution < -0.4 is 0 Å². The zero-order valence-corrected chi connectivity index (χ0v) is 14.3. The number of hydrogen-bond acceptors (Lipinski definition) is 6. The molecule has 0 aromatic heterocycles. The van der Waals surface area contributed by atoms with E-state index >= 15 is 0 Å². The summed E-state index contributed by atoms with van der Waals surface area (Å²) in [7, 11) is -2.59. The number of methoxy groups -OCH3 is 1. The lowest BCUT2D eigenvalue weighted by Crippen LogP contribution is -2.58. The lowest BCUT2D eigenvalue weighted by molar-refractivity contribution is -0.146. The van der Waals surface area contributed by atoms with Crippen molar-refractivity contribution in [1.82, 2.24) is 4.31 Å². The summed E-state index contributed by atoms with van der Waals surface area (Å²) in [5, 5.41) is 9.31. The number of aromatic hydroxyl groups is 1. The first-order chi connectivity index (χ1) is 10.2. The second-order valence-electron chi connectivity index (χ2n) is 5.49. The van der Waals surface area contributed by atoms with Crippen molar-refractivity contribution in [1.29, 1.82) is 0 Å². The van der Waals surface area contributed by atoms with Gasteiger partial charge in [0.15, 0.2) is 0 Å². The van der Waals surface area contributed by atoms with Crippen molar-refractivity contribution >= 4 is 27.8 Å². The molecule has 1 aromatic rings. The summed E-state index contributed by atoms with van der Waals surface area (Å²) in [5.41, 5.74) is 0. The van der Waals surface area contributed by atoms with E-state index in [4.69, 9.17) is 4.74 Å². The number of phenols is 1. The Morgan fingerprint density at radius 2 is 1.95 bits per heavy atom. The molecule has 1 fully saturated rings. The van der Waals surface area contributed by atoms with Crippen molar-refractivity contribution in [3.8, 4) is 5.75 Å². The zero-order valence-electron chi connectivity index (χ0n) is 12.6. The van der Waals surface area contributed by atoms with Crippen LogP contribution in [0.25, 0.3) is 0 Å². The van der Waals surface area contributed by atoms with Gasteiger partial charge in [0.25, 0.3) is 0 Å². The molecule has 1 atom stereocenters. The summed E-state index contributed by atoms with van der Waals surface area (Å²) in [4.78, 5) is 12.2. The van der Waals surface area contributed by atoms with E-state index in [0.717, 1.165) is 0 Å². The van der Waals surface area contributed by atoms with Crippen LogP contribution in [0.15, 0.2) is 29.2 Å². The van der Waals surface area contributed by atoms with Gasteiger partial charge in [0.2, 0.25) is 10.0 Å². The first kappa shape index (κ1) is 17.1. The number of thioether (sulfide) groups is 1. The van der Waals surface area contributed by atoms with Crippen LogP contribution in [0, 0.1) is 0 Å². The van der Waals surface area contributed by atoms with Gasteiger partial charge in [-0.3, -0.25) is 4.79 Å². The van der Waals surface area contributed by atoms with E-state index in [9.17, 15) is 18.3 Å². The maximum absolute atomic E-state index is 12.8. The molecular formula is C14H19NO5S2. The Morgan fingerprint density at radius 1 is 1.36 bits per heavy atom. The number of hydrogen-bond donors (Lipinski definition) is 1. The number of ether oxygens (including phenoxy) is 1. The molecule has 0 bridgehead atoms. The fourth-order valence-corrected chi connectivity index (χ4v) is 5.57. The van der Waals surface area contributed by atoms with Gasteiger partial charge < -0.3 is 9.84 Å². The molecule has 1 aliphatic rings. The third kappa shape index (κ3) is 3.09. The van der Waals surface area contributed by atoms with E-state index in [1.165, 1.54) is 35.7 Å². The van der Waals surface area contributed by atoms with Gasteiger partial charge in [0, 0.05) is 17.0 Å². The van der Waals surface area contributed by atoms with Crippen LogP contribution in [-0.2, 0) is 19.6 Å². The predicted octanol–water partition coefficient (Wildman–Crippen LogP) is 1.45. The highest BCUT2D eigenvalue weighted by Crippen LogP contribution is 2.38. The number of phenolic OH excluding ortho intramolecular Hbond substituents is 1. The van der Waals surface area contributed by atoms with Crippen molar-refractivity contribution in [3.05, 3.63) is 24.3 Å². The number of sulfonamides is 1. The summed E-state index contributed by atoms with van der Waals surface area (Å²) in [6.07, 6.45) is 0. The molecule has 8 heteroatoms. The minimum Gasteiger partial charge on any atom is -0.508 e. The molecule has 22 heavy (non-hydrogen) atoms. The van der Waals surface area contributed by atoms with Gasteiger partial charge in [-0.15, -0.1) is 0 Å². The molecule has 1 aliphatic heterocycles. The quantitative estimate of drug-likeness (QED) is 0.835. The number of carbonyl (C=O) groups excluding carboxylic acids is 1. The molecule has 1 saturated heterocycles. The molecular weight excluding hydrogens is 326 g/mol. The van der Waals surface area contributed by atoms with Crippen LogP contribution in [0.2, 0.25) is 0 Å². The number of nitrogens with zero attached hydrogens (tertiary/aromatic N) is 1. The average molecular weight is 345 g/mol. The highest BCUT2D eigenvalue weighted by Gasteiger charge is 2.48. The highest BCUT2D eigenvalue weighted by molar-refractivity contribution is 8.00. The summed E-state index contributed by atoms with van der Waals surface area (Å²) in [6, 6.07) is 4.38. The number of rotatable bonds is 3. The van der Waals surface area contributed by atoms with Crippen molar-refractivity contribution in [3.63, 3.8) is 0 Å². The Labute approximate surface area is 134 Å². The highest BCUT2D eigenvalue weighted by atomic mass is 32.2. The Kier molecular flexibility index (Phi) is 4.74. The van der Waals surface area contributed by atoms with Gasteiger partial charge in [-0.1, -0.05) is 0 Å². The number of benzene rings is 1. The first-order valence-electron chi connectivity index (χ1n) is 6.73. The van der Waals surface area contributed by atoms with Crippen molar-refractivity contribution in [2.75, 3.05) is 19.4 Å². The molecule has 0 spiro atoms. The van der Waals surface area contributed by atoms with Crippen LogP contribution in [0.1, 0.15) is 13.8 Å². The molecule has 2 rings (SSSR count). The van der Waals surface area contributed by atoms with Gasteiger partial charge in [0.05, 0.1) is 12.0 Å². The van der Waals surface area contributed by atoms with E-state index in [1.807, 2.05) is 13.8 Å². The largest absolute Gasteiger partial charge is 0.508 e. The van der Waals surface area contributed by atoms with Gasteiger partial charge in [-0.2, -0.15) is 16.1 Å². The SMILES string of the molecule is COC(=O)[C@@H]1N(S(=O)(=O)c2ccc(O)cc2)CCSC1(C)C. The van der Waals surface area contributed by atoms with Gasteiger partial charge in [-0.05, 0) is 38.1 Å². The van der Waals surface area contributed by atoms with Crippen molar-refractivity contribution < 1.29 is 23.1 Å². The molecule has 1 heterocycles. The monoisotopic (exact) mass is 345 g/mol. The lowest BCUT2D eigenvalue weighted by atomic mass is 10.0. The second kappa shape index (κ2) is 6.10. The number of esters is 1. The van der Waals surface area contributed by atoms with Crippen LogP contribution in [0.4, 0.5) is 0 Å². The molecule has 0 saturated carbocycles. The third-order valence-corrected chi connectivity index (χ3v) is 6.83. The minimum atomic E-state index is -3.85. The standard InChI is InChI=1S/C14H19NO5S2/c1-14(2)12(13(17)20-3)15(8-9-21-14)22(18,19)11-6-4-10(16)5-7-11/h4-7,12,16H,8-9H2,1-3H3/t12-/m0/s1. The zero-order chi connectivity index (χ0) is 16.5. The molecule has 122 valence electrons. The molecule has 1 N–H and O–H groups in total. The lowest BCUT2D eigenvalue weighted by Gasteiger charge is -2.42. The third-order valence-electron chi connectivity index (χ3n) is 3.60. The summed E-state index contributed by atoms with van der Waals surface area (Å²) in [6.45, 7) is 3.90. The van der Waals surface area contributed by atoms with Crippen molar-refractivity contribution in [2.45, 2.75) is 29.5 Å². The van der Waals surface area contributed by atoms with E-state index in [-0.39, 0.29) is 17.2 Å². The molecule has 1 aromatic carbocycles. The Balaban J connectivity index is 2.47. The van der Waals surface area contributed by atoms with Crippen LogP contribution in [0.3, 0.4) is 0 Å². The molecule has 6 nitrogen and oxygen atoms in total. The van der Waals surface area contributed by atoms with E-state index < -0.39 is 26.8 Å². The van der Waals surface area contributed by atoms with Gasteiger partial charge >= 0.3 is 5.97 Å². The molecule has 0 aliphatic carbocycles. The Hall–Kier alpha value is -1.25. The van der Waals surface area contributed by atoms with Crippen molar-refractivity contribution in [2.24, 2.45) is 0 Å². The molecule has 0 amide bonds. The Morgan fingerprint density at radius 3 is 2.50 bits per heavy atom. The smallest absolute Gasteiger partial charge is 0.325 e.